The van der Waals surface area contributed by atoms with Gasteiger partial charge in [-0.15, -0.1) is 12.4 Å². The first-order valence-corrected chi connectivity index (χ1v) is 7.91. The van der Waals surface area contributed by atoms with Crippen LogP contribution in [0.5, 0.6) is 0 Å². The van der Waals surface area contributed by atoms with Gasteiger partial charge in [-0.3, -0.25) is 4.79 Å². The van der Waals surface area contributed by atoms with Crippen molar-refractivity contribution in [2.45, 2.75) is 44.6 Å². The van der Waals surface area contributed by atoms with Crippen molar-refractivity contribution in [3.8, 4) is 0 Å². The van der Waals surface area contributed by atoms with Crippen molar-refractivity contribution < 1.29 is 9.21 Å². The Morgan fingerprint density at radius 3 is 2.67 bits per heavy atom. The highest BCUT2D eigenvalue weighted by molar-refractivity contribution is 5.91. The number of hydrogen-bond acceptors (Lipinski definition) is 3. The van der Waals surface area contributed by atoms with Crippen LogP contribution in [0.15, 0.2) is 22.8 Å². The molecule has 0 saturated carbocycles. The topological polar surface area (TPSA) is 36.7 Å². The Balaban J connectivity index is 0.00000161. The van der Waals surface area contributed by atoms with E-state index in [2.05, 4.69) is 4.90 Å². The Labute approximate surface area is 132 Å². The largest absolute Gasteiger partial charge is 0.459 e. The monoisotopic (exact) mass is 312 g/mol. The van der Waals surface area contributed by atoms with Crippen LogP contribution in [0, 0.1) is 0 Å². The third-order valence-electron chi connectivity index (χ3n) is 4.60. The molecule has 0 spiro atoms. The highest BCUT2D eigenvalue weighted by atomic mass is 35.5. The van der Waals surface area contributed by atoms with E-state index in [-0.39, 0.29) is 18.3 Å². The van der Waals surface area contributed by atoms with Crippen LogP contribution in [0.1, 0.15) is 49.1 Å². The molecule has 2 aliphatic heterocycles. The van der Waals surface area contributed by atoms with Crippen molar-refractivity contribution in [2.75, 3.05) is 26.2 Å². The van der Waals surface area contributed by atoms with E-state index >= 15 is 0 Å². The van der Waals surface area contributed by atoms with Crippen molar-refractivity contribution >= 4 is 18.3 Å². The maximum Gasteiger partial charge on any atom is 0.289 e. The summed E-state index contributed by atoms with van der Waals surface area (Å²) in [5.41, 5.74) is 0. The fourth-order valence-corrected chi connectivity index (χ4v) is 3.45. The number of nitrogens with zero attached hydrogens (tertiary/aromatic N) is 2. The Bertz CT molecular complexity index is 429. The lowest BCUT2D eigenvalue weighted by molar-refractivity contribution is 0.0556. The molecular formula is C16H25ClN2O2. The molecule has 3 rings (SSSR count). The van der Waals surface area contributed by atoms with Crippen molar-refractivity contribution in [1.82, 2.24) is 9.80 Å². The summed E-state index contributed by atoms with van der Waals surface area (Å²) in [5, 5.41) is 0. The summed E-state index contributed by atoms with van der Waals surface area (Å²) in [5.74, 6) is 0.555. The molecule has 2 aliphatic rings. The highest BCUT2D eigenvalue weighted by Crippen LogP contribution is 2.23. The van der Waals surface area contributed by atoms with Gasteiger partial charge in [-0.2, -0.15) is 0 Å². The minimum atomic E-state index is 0. The zero-order valence-electron chi connectivity index (χ0n) is 12.5. The molecule has 5 heteroatoms. The summed E-state index contributed by atoms with van der Waals surface area (Å²) in [7, 11) is 0. The highest BCUT2D eigenvalue weighted by Gasteiger charge is 2.29. The number of hydrogen-bond donors (Lipinski definition) is 0. The van der Waals surface area contributed by atoms with Gasteiger partial charge in [0.25, 0.3) is 5.91 Å². The predicted octanol–water partition coefficient (Wildman–Crippen LogP) is 3.18. The van der Waals surface area contributed by atoms with Gasteiger partial charge in [-0.05, 0) is 63.7 Å². The van der Waals surface area contributed by atoms with E-state index in [9.17, 15) is 4.79 Å². The molecule has 3 heterocycles. The summed E-state index contributed by atoms with van der Waals surface area (Å²) < 4.78 is 5.27. The molecule has 0 N–H and O–H groups in total. The Morgan fingerprint density at radius 2 is 1.95 bits per heavy atom. The number of piperidine rings is 1. The van der Waals surface area contributed by atoms with Crippen LogP contribution < -0.4 is 0 Å². The second kappa shape index (κ2) is 7.85. The van der Waals surface area contributed by atoms with E-state index in [4.69, 9.17) is 4.42 Å². The van der Waals surface area contributed by atoms with Crippen LogP contribution in [-0.4, -0.2) is 47.9 Å². The molecule has 1 unspecified atom stereocenters. The molecule has 0 aromatic carbocycles. The van der Waals surface area contributed by atoms with Crippen LogP contribution in [0.3, 0.4) is 0 Å². The molecular weight excluding hydrogens is 288 g/mol. The molecule has 1 aromatic heterocycles. The van der Waals surface area contributed by atoms with Crippen LogP contribution in [-0.2, 0) is 0 Å². The number of furan rings is 1. The fraction of sp³-hybridized carbons (Fsp3) is 0.688. The van der Waals surface area contributed by atoms with E-state index in [0.717, 1.165) is 32.4 Å². The van der Waals surface area contributed by atoms with Gasteiger partial charge in [-0.25, -0.2) is 0 Å². The lowest BCUT2D eigenvalue weighted by Crippen LogP contribution is -2.45. The van der Waals surface area contributed by atoms with Crippen molar-refractivity contribution in [1.29, 1.82) is 0 Å². The number of amides is 1. The smallest absolute Gasteiger partial charge is 0.289 e. The maximum atomic E-state index is 12.5. The van der Waals surface area contributed by atoms with Crippen LogP contribution in [0.4, 0.5) is 0 Å². The zero-order chi connectivity index (χ0) is 13.8. The minimum Gasteiger partial charge on any atom is -0.459 e. The lowest BCUT2D eigenvalue weighted by atomic mass is 9.98. The zero-order valence-corrected chi connectivity index (χ0v) is 13.3. The lowest BCUT2D eigenvalue weighted by Gasteiger charge is -2.36. The molecule has 0 aliphatic carbocycles. The molecule has 1 atom stereocenters. The fourth-order valence-electron chi connectivity index (χ4n) is 3.45. The standard InChI is InChI=1S/C16H24N2O2.ClH/c19-16(15-7-5-13-20-15)18-11-2-1-6-14(18)8-12-17-9-3-4-10-17;/h5,7,13-14H,1-4,6,8-12H2;1H. The molecule has 2 saturated heterocycles. The average Bonchev–Trinajstić information content (AvgIpc) is 3.18. The SMILES string of the molecule is Cl.O=C(c1ccco1)N1CCCCC1CCN1CCCC1. The third kappa shape index (κ3) is 4.01. The summed E-state index contributed by atoms with van der Waals surface area (Å²) >= 11 is 0. The van der Waals surface area contributed by atoms with Gasteiger partial charge in [0, 0.05) is 19.1 Å². The van der Waals surface area contributed by atoms with Gasteiger partial charge in [0.1, 0.15) is 0 Å². The second-order valence-electron chi connectivity index (χ2n) is 5.96. The molecule has 118 valence electrons. The number of halogens is 1. The maximum absolute atomic E-state index is 12.5. The number of carbonyl (C=O) groups is 1. The number of likely N-dealkylation sites (tertiary alicyclic amines) is 2. The molecule has 2 fully saturated rings. The van der Waals surface area contributed by atoms with E-state index in [1.54, 1.807) is 18.4 Å². The molecule has 0 bridgehead atoms. The molecule has 21 heavy (non-hydrogen) atoms. The van der Waals surface area contributed by atoms with Gasteiger partial charge in [0.15, 0.2) is 5.76 Å². The predicted molar refractivity (Wildman–Crippen MR) is 84.9 cm³/mol. The molecule has 0 radical (unpaired) electrons. The van der Waals surface area contributed by atoms with Gasteiger partial charge < -0.3 is 14.2 Å². The van der Waals surface area contributed by atoms with Crippen LogP contribution in [0.2, 0.25) is 0 Å². The first kappa shape index (κ1) is 16.4. The van der Waals surface area contributed by atoms with Crippen molar-refractivity contribution in [3.63, 3.8) is 0 Å². The summed E-state index contributed by atoms with van der Waals surface area (Å²) in [4.78, 5) is 17.1. The Kier molecular flexibility index (Phi) is 6.12. The Hall–Kier alpha value is -1.00. The second-order valence-corrected chi connectivity index (χ2v) is 5.96. The normalized spacial score (nSPS) is 23.0. The first-order valence-electron chi connectivity index (χ1n) is 7.91. The van der Waals surface area contributed by atoms with Gasteiger partial charge in [-0.1, -0.05) is 0 Å². The van der Waals surface area contributed by atoms with Crippen molar-refractivity contribution in [3.05, 3.63) is 24.2 Å². The van der Waals surface area contributed by atoms with Crippen LogP contribution in [0.25, 0.3) is 0 Å². The summed E-state index contributed by atoms with van der Waals surface area (Å²) in [6, 6.07) is 3.95. The van der Waals surface area contributed by atoms with Gasteiger partial charge in [0.05, 0.1) is 6.26 Å². The van der Waals surface area contributed by atoms with Gasteiger partial charge in [0.2, 0.25) is 0 Å². The molecule has 1 amide bonds. The van der Waals surface area contributed by atoms with Gasteiger partial charge >= 0.3 is 0 Å². The summed E-state index contributed by atoms with van der Waals surface area (Å²) in [6.45, 7) is 4.48. The van der Waals surface area contributed by atoms with Crippen molar-refractivity contribution in [2.24, 2.45) is 0 Å². The first-order chi connectivity index (χ1) is 9.84. The quantitative estimate of drug-likeness (QED) is 0.857. The Morgan fingerprint density at radius 1 is 1.19 bits per heavy atom. The molecule has 4 nitrogen and oxygen atoms in total. The molecule has 1 aromatic rings. The van der Waals surface area contributed by atoms with E-state index in [1.165, 1.54) is 32.4 Å². The summed E-state index contributed by atoms with van der Waals surface area (Å²) in [6.07, 6.45) is 8.85. The average molecular weight is 313 g/mol. The number of rotatable bonds is 4. The third-order valence-corrected chi connectivity index (χ3v) is 4.60. The van der Waals surface area contributed by atoms with E-state index in [1.807, 2.05) is 4.90 Å². The van der Waals surface area contributed by atoms with E-state index in [0.29, 0.717) is 11.8 Å². The van der Waals surface area contributed by atoms with E-state index < -0.39 is 0 Å². The van der Waals surface area contributed by atoms with Crippen LogP contribution >= 0.6 is 12.4 Å². The number of carbonyl (C=O) groups excluding carboxylic acids is 1. The minimum absolute atomic E-state index is 0.